The van der Waals surface area contributed by atoms with Crippen molar-refractivity contribution in [3.05, 3.63) is 54.3 Å². The number of nitrogens with one attached hydrogen (secondary N) is 2. The minimum Gasteiger partial charge on any atom is -0.451 e. The van der Waals surface area contributed by atoms with Crippen LogP contribution in [0.25, 0.3) is 0 Å². The van der Waals surface area contributed by atoms with Crippen LogP contribution in [0.3, 0.4) is 0 Å². The fourth-order valence-corrected chi connectivity index (χ4v) is 4.63. The Bertz CT molecular complexity index is 1210. The van der Waals surface area contributed by atoms with Crippen LogP contribution in [0.4, 0.5) is 15.8 Å². The van der Waals surface area contributed by atoms with Crippen LogP contribution < -0.4 is 14.9 Å². The number of carbonyl (C=O) groups is 3. The summed E-state index contributed by atoms with van der Waals surface area (Å²) in [5.41, 5.74) is -0.410. The number of hydrogen-bond acceptors (Lipinski definition) is 6. The maximum absolute atomic E-state index is 13.9. The summed E-state index contributed by atoms with van der Waals surface area (Å²) in [5.74, 6) is -3.10. The number of sulfonamides is 1. The van der Waals surface area contributed by atoms with Gasteiger partial charge >= 0.3 is 5.97 Å². The molecule has 2 N–H and O–H groups in total. The van der Waals surface area contributed by atoms with E-state index < -0.39 is 56.2 Å². The van der Waals surface area contributed by atoms with Gasteiger partial charge in [0.25, 0.3) is 5.91 Å². The highest BCUT2D eigenvalue weighted by atomic mass is 32.2. The second-order valence-corrected chi connectivity index (χ2v) is 9.74. The molecule has 9 nitrogen and oxygen atoms in total. The molecule has 1 aliphatic heterocycles. The lowest BCUT2D eigenvalue weighted by atomic mass is 9.95. The number of hydrogen-bond donors (Lipinski definition) is 2. The van der Waals surface area contributed by atoms with Gasteiger partial charge in [-0.05, 0) is 52.0 Å². The molecule has 3 rings (SSSR count). The summed E-state index contributed by atoms with van der Waals surface area (Å²) in [5, 5.41) is 2.73. The molecule has 0 radical (unpaired) electrons. The summed E-state index contributed by atoms with van der Waals surface area (Å²) in [6.45, 7) is 5.64. The molecular formula is C22H24FN3O6S. The van der Waals surface area contributed by atoms with E-state index in [9.17, 15) is 27.2 Å². The minimum absolute atomic E-state index is 0.418. The predicted octanol–water partition coefficient (Wildman–Crippen LogP) is 2.19. The Morgan fingerprint density at radius 3 is 2.36 bits per heavy atom. The first-order valence-electron chi connectivity index (χ1n) is 10.1. The van der Waals surface area contributed by atoms with Gasteiger partial charge in [-0.25, -0.2) is 12.8 Å². The first-order valence-corrected chi connectivity index (χ1v) is 11.6. The van der Waals surface area contributed by atoms with Crippen molar-refractivity contribution in [2.24, 2.45) is 0 Å². The van der Waals surface area contributed by atoms with E-state index in [1.165, 1.54) is 30.9 Å². The van der Waals surface area contributed by atoms with Crippen LogP contribution in [0.5, 0.6) is 0 Å². The SMILES string of the molecule is C[C@H](OC(=O)[C@@H](C)NS(=O)(=O)c1ccccc1F)C(=O)N1c2ccccc2NC(=O)C1(C)C. The standard InChI is InChI=1S/C22H24FN3O6S/c1-13(25-33(30,31)18-12-8-5-9-15(18)23)20(28)32-14(2)19(27)26-17-11-7-6-10-16(17)24-21(29)22(26,3)4/h5-14,25H,1-4H3,(H,24,29)/t13-,14+/m1/s1. The van der Waals surface area contributed by atoms with Gasteiger partial charge in [-0.15, -0.1) is 0 Å². The molecule has 0 bridgehead atoms. The largest absolute Gasteiger partial charge is 0.451 e. The number of rotatable bonds is 6. The maximum Gasteiger partial charge on any atom is 0.324 e. The number of benzene rings is 2. The third kappa shape index (κ3) is 4.74. The number of esters is 1. The lowest BCUT2D eigenvalue weighted by Gasteiger charge is -2.42. The molecule has 1 aliphatic rings. The highest BCUT2D eigenvalue weighted by Crippen LogP contribution is 2.37. The lowest BCUT2D eigenvalue weighted by molar-refractivity contribution is -0.155. The van der Waals surface area contributed by atoms with Crippen molar-refractivity contribution < 1.29 is 31.9 Å². The molecular weight excluding hydrogens is 453 g/mol. The van der Waals surface area contributed by atoms with Gasteiger partial charge in [0.15, 0.2) is 6.10 Å². The van der Waals surface area contributed by atoms with Crippen LogP contribution in [0.15, 0.2) is 53.4 Å². The topological polar surface area (TPSA) is 122 Å². The fraction of sp³-hybridized carbons (Fsp3) is 0.318. The van der Waals surface area contributed by atoms with Crippen molar-refractivity contribution >= 4 is 39.2 Å². The highest BCUT2D eigenvalue weighted by molar-refractivity contribution is 7.89. The highest BCUT2D eigenvalue weighted by Gasteiger charge is 2.45. The van der Waals surface area contributed by atoms with E-state index in [1.54, 1.807) is 38.1 Å². The predicted molar refractivity (Wildman–Crippen MR) is 118 cm³/mol. The van der Waals surface area contributed by atoms with Gasteiger partial charge in [0.2, 0.25) is 15.9 Å². The Kier molecular flexibility index (Phi) is 6.57. The molecule has 2 atom stereocenters. The van der Waals surface area contributed by atoms with Gasteiger partial charge in [0.05, 0.1) is 11.4 Å². The smallest absolute Gasteiger partial charge is 0.324 e. The van der Waals surface area contributed by atoms with Crippen LogP contribution in [0, 0.1) is 5.82 Å². The lowest BCUT2D eigenvalue weighted by Crippen LogP contribution is -2.60. The summed E-state index contributed by atoms with van der Waals surface area (Å²) in [4.78, 5) is 38.9. The average molecular weight is 478 g/mol. The van der Waals surface area contributed by atoms with Crippen LogP contribution in [-0.4, -0.2) is 43.9 Å². The molecule has 1 heterocycles. The monoisotopic (exact) mass is 477 g/mol. The Labute approximate surface area is 191 Å². The van der Waals surface area contributed by atoms with Crippen molar-refractivity contribution in [1.82, 2.24) is 4.72 Å². The van der Waals surface area contributed by atoms with Crippen LogP contribution in [0.1, 0.15) is 27.7 Å². The molecule has 0 aliphatic carbocycles. The molecule has 2 aromatic rings. The third-order valence-corrected chi connectivity index (χ3v) is 6.75. The first-order chi connectivity index (χ1) is 15.4. The summed E-state index contributed by atoms with van der Waals surface area (Å²) in [7, 11) is -4.35. The van der Waals surface area contributed by atoms with E-state index in [0.717, 1.165) is 12.1 Å². The van der Waals surface area contributed by atoms with E-state index in [2.05, 4.69) is 5.32 Å². The summed E-state index contributed by atoms with van der Waals surface area (Å²) in [6.07, 6.45) is -1.34. The second kappa shape index (κ2) is 8.91. The molecule has 176 valence electrons. The van der Waals surface area contributed by atoms with Crippen molar-refractivity contribution in [2.45, 2.75) is 50.3 Å². The molecule has 2 aromatic carbocycles. The van der Waals surface area contributed by atoms with Gasteiger partial charge in [-0.3, -0.25) is 19.3 Å². The van der Waals surface area contributed by atoms with Crippen molar-refractivity contribution in [3.63, 3.8) is 0 Å². The molecule has 0 saturated carbocycles. The van der Waals surface area contributed by atoms with E-state index >= 15 is 0 Å². The number of para-hydroxylation sites is 2. The molecule has 11 heteroatoms. The molecule has 0 fully saturated rings. The van der Waals surface area contributed by atoms with Gasteiger partial charge in [0, 0.05) is 0 Å². The van der Waals surface area contributed by atoms with Gasteiger partial charge in [-0.1, -0.05) is 24.3 Å². The van der Waals surface area contributed by atoms with E-state index in [-0.39, 0.29) is 0 Å². The normalized spacial score (nSPS) is 16.9. The molecule has 0 saturated heterocycles. The minimum atomic E-state index is -4.35. The quantitative estimate of drug-likeness (QED) is 0.615. The van der Waals surface area contributed by atoms with E-state index in [0.29, 0.717) is 11.4 Å². The zero-order chi connectivity index (χ0) is 24.6. The summed E-state index contributed by atoms with van der Waals surface area (Å²) >= 11 is 0. The number of halogens is 1. The average Bonchev–Trinajstić information content (AvgIpc) is 2.73. The van der Waals surface area contributed by atoms with Gasteiger partial charge in [0.1, 0.15) is 22.3 Å². The fourth-order valence-electron chi connectivity index (χ4n) is 3.36. The second-order valence-electron chi connectivity index (χ2n) is 8.06. The zero-order valence-corrected chi connectivity index (χ0v) is 19.3. The zero-order valence-electron chi connectivity index (χ0n) is 18.5. The molecule has 0 unspecified atom stereocenters. The number of anilines is 2. The Morgan fingerprint density at radius 1 is 1.09 bits per heavy atom. The molecule has 2 amide bonds. The molecule has 33 heavy (non-hydrogen) atoms. The number of ether oxygens (including phenoxy) is 1. The van der Waals surface area contributed by atoms with E-state index in [4.69, 9.17) is 4.74 Å². The van der Waals surface area contributed by atoms with Gasteiger partial charge in [-0.2, -0.15) is 4.72 Å². The number of carbonyl (C=O) groups excluding carboxylic acids is 3. The molecule has 0 spiro atoms. The summed E-state index contributed by atoms with van der Waals surface area (Å²) < 4.78 is 45.9. The number of nitrogens with zero attached hydrogens (tertiary/aromatic N) is 1. The first kappa shape index (κ1) is 24.3. The Balaban J connectivity index is 1.76. The van der Waals surface area contributed by atoms with Gasteiger partial charge < -0.3 is 10.1 Å². The Morgan fingerprint density at radius 2 is 1.70 bits per heavy atom. The summed E-state index contributed by atoms with van der Waals surface area (Å²) in [6, 6.07) is 9.99. The molecule has 0 aromatic heterocycles. The van der Waals surface area contributed by atoms with E-state index in [1.807, 2.05) is 4.72 Å². The van der Waals surface area contributed by atoms with Crippen molar-refractivity contribution in [1.29, 1.82) is 0 Å². The van der Waals surface area contributed by atoms with Crippen molar-refractivity contribution in [2.75, 3.05) is 10.2 Å². The number of fused-ring (bicyclic) bond motifs is 1. The van der Waals surface area contributed by atoms with Crippen LogP contribution >= 0.6 is 0 Å². The van der Waals surface area contributed by atoms with Crippen molar-refractivity contribution in [3.8, 4) is 0 Å². The Hall–Kier alpha value is -3.31. The van der Waals surface area contributed by atoms with Crippen LogP contribution in [0.2, 0.25) is 0 Å². The van der Waals surface area contributed by atoms with Crippen LogP contribution in [-0.2, 0) is 29.1 Å². The number of amides is 2. The third-order valence-electron chi connectivity index (χ3n) is 5.18. The maximum atomic E-state index is 13.9.